The van der Waals surface area contributed by atoms with Crippen LogP contribution in [0.2, 0.25) is 0 Å². The number of nitrogens with one attached hydrogen (secondary N) is 2. The molecule has 0 spiro atoms. The zero-order chi connectivity index (χ0) is 19.4. The van der Waals surface area contributed by atoms with E-state index in [2.05, 4.69) is 10.6 Å². The molecule has 0 radical (unpaired) electrons. The molecule has 1 aliphatic heterocycles. The number of ether oxygens (including phenoxy) is 2. The number of amides is 1. The van der Waals surface area contributed by atoms with E-state index in [0.29, 0.717) is 43.9 Å². The molecule has 1 aromatic rings. The normalized spacial score (nSPS) is 17.3. The summed E-state index contributed by atoms with van der Waals surface area (Å²) in [6, 6.07) is 5.36. The molecule has 9 heteroatoms. The maximum atomic E-state index is 12.8. The Kier molecular flexibility index (Phi) is 8.38. The lowest BCUT2D eigenvalue weighted by Crippen LogP contribution is -2.58. The van der Waals surface area contributed by atoms with Crippen LogP contribution in [0, 0.1) is 0 Å². The van der Waals surface area contributed by atoms with Crippen LogP contribution in [0.3, 0.4) is 0 Å². The first kappa shape index (κ1) is 23.5. The van der Waals surface area contributed by atoms with Gasteiger partial charge in [-0.1, -0.05) is 6.07 Å². The van der Waals surface area contributed by atoms with Crippen molar-refractivity contribution in [2.75, 3.05) is 33.6 Å². The summed E-state index contributed by atoms with van der Waals surface area (Å²) < 4.78 is 33.8. The number of carbonyl (C=O) groups excluding carboxylic acids is 1. The van der Waals surface area contributed by atoms with Crippen LogP contribution >= 0.6 is 12.4 Å². The van der Waals surface area contributed by atoms with Crippen molar-refractivity contribution in [3.8, 4) is 11.5 Å². The molecular weight excluding hydrogens is 392 g/mol. The van der Waals surface area contributed by atoms with Crippen LogP contribution < -0.4 is 20.1 Å². The molecule has 1 saturated heterocycles. The fourth-order valence-corrected chi connectivity index (χ4v) is 4.71. The molecule has 27 heavy (non-hydrogen) atoms. The van der Waals surface area contributed by atoms with Gasteiger partial charge >= 0.3 is 0 Å². The lowest BCUT2D eigenvalue weighted by atomic mass is 9.95. The van der Waals surface area contributed by atoms with E-state index in [9.17, 15) is 13.2 Å². The molecular formula is C18H29ClN2O5S. The molecule has 0 bridgehead atoms. The highest BCUT2D eigenvalue weighted by molar-refractivity contribution is 7.92. The molecule has 0 aliphatic carbocycles. The van der Waals surface area contributed by atoms with Gasteiger partial charge in [-0.2, -0.15) is 0 Å². The third-order valence-corrected chi connectivity index (χ3v) is 6.92. The van der Waals surface area contributed by atoms with Crippen molar-refractivity contribution in [1.29, 1.82) is 0 Å². The lowest BCUT2D eigenvalue weighted by Gasteiger charge is -2.35. The van der Waals surface area contributed by atoms with Crippen molar-refractivity contribution in [1.82, 2.24) is 10.6 Å². The molecule has 1 heterocycles. The van der Waals surface area contributed by atoms with Gasteiger partial charge in [-0.15, -0.1) is 12.4 Å². The first-order valence-corrected chi connectivity index (χ1v) is 10.5. The van der Waals surface area contributed by atoms with Crippen LogP contribution in [0.5, 0.6) is 11.5 Å². The minimum Gasteiger partial charge on any atom is -0.493 e. The Morgan fingerprint density at radius 1 is 1.22 bits per heavy atom. The summed E-state index contributed by atoms with van der Waals surface area (Å²) in [7, 11) is -0.371. The summed E-state index contributed by atoms with van der Waals surface area (Å²) in [5, 5.41) is 6.01. The van der Waals surface area contributed by atoms with Gasteiger partial charge in [0, 0.05) is 12.3 Å². The second kappa shape index (κ2) is 9.61. The Hall–Kier alpha value is -1.51. The Morgan fingerprint density at radius 3 is 2.33 bits per heavy atom. The maximum Gasteiger partial charge on any atom is 0.241 e. The number of carbonyl (C=O) groups is 1. The number of sulfone groups is 1. The predicted octanol–water partition coefficient (Wildman–Crippen LogP) is 1.34. The second-order valence-corrected chi connectivity index (χ2v) is 9.11. The number of hydrogen-bond donors (Lipinski definition) is 2. The molecule has 1 amide bonds. The molecule has 2 N–H and O–H groups in total. The van der Waals surface area contributed by atoms with Crippen molar-refractivity contribution in [2.24, 2.45) is 0 Å². The zero-order valence-corrected chi connectivity index (χ0v) is 17.8. The molecule has 1 unspecified atom stereocenters. The predicted molar refractivity (Wildman–Crippen MR) is 108 cm³/mol. The monoisotopic (exact) mass is 420 g/mol. The van der Waals surface area contributed by atoms with E-state index in [-0.39, 0.29) is 18.4 Å². The van der Waals surface area contributed by atoms with Gasteiger partial charge in [-0.05, 0) is 57.0 Å². The van der Waals surface area contributed by atoms with Gasteiger partial charge in [-0.3, -0.25) is 4.79 Å². The average Bonchev–Trinajstić information content (AvgIpc) is 2.61. The molecule has 1 atom stereocenters. The Balaban J connectivity index is 0.00000364. The summed E-state index contributed by atoms with van der Waals surface area (Å²) in [5.41, 5.74) is 0.967. The van der Waals surface area contributed by atoms with E-state index in [1.165, 1.54) is 0 Å². The Morgan fingerprint density at radius 2 is 1.81 bits per heavy atom. The van der Waals surface area contributed by atoms with Gasteiger partial charge in [0.2, 0.25) is 5.91 Å². The van der Waals surface area contributed by atoms with Gasteiger partial charge in [0.1, 0.15) is 0 Å². The van der Waals surface area contributed by atoms with Crippen LogP contribution in [0.4, 0.5) is 0 Å². The highest BCUT2D eigenvalue weighted by Crippen LogP contribution is 2.29. The summed E-state index contributed by atoms with van der Waals surface area (Å²) in [6.45, 7) is 2.90. The largest absolute Gasteiger partial charge is 0.493 e. The van der Waals surface area contributed by atoms with Gasteiger partial charge < -0.3 is 20.1 Å². The minimum atomic E-state index is -3.51. The summed E-state index contributed by atoms with van der Waals surface area (Å²) >= 11 is 0. The van der Waals surface area contributed by atoms with Crippen molar-refractivity contribution >= 4 is 28.2 Å². The van der Waals surface area contributed by atoms with Crippen LogP contribution in [0.1, 0.15) is 25.3 Å². The summed E-state index contributed by atoms with van der Waals surface area (Å²) in [6.07, 6.45) is 2.29. The maximum absolute atomic E-state index is 12.8. The van der Waals surface area contributed by atoms with Crippen molar-refractivity contribution < 1.29 is 22.7 Å². The number of hydrogen-bond acceptors (Lipinski definition) is 6. The fourth-order valence-electron chi connectivity index (χ4n) is 3.36. The minimum absolute atomic E-state index is 0. The van der Waals surface area contributed by atoms with Gasteiger partial charge in [0.15, 0.2) is 26.1 Å². The number of benzene rings is 1. The Bertz CT molecular complexity index is 748. The molecule has 1 fully saturated rings. The smallest absolute Gasteiger partial charge is 0.241 e. The Labute approximate surface area is 167 Å². The summed E-state index contributed by atoms with van der Waals surface area (Å²) in [4.78, 5) is 12.8. The van der Waals surface area contributed by atoms with Crippen LogP contribution in [0.25, 0.3) is 0 Å². The third kappa shape index (κ3) is 5.27. The first-order valence-electron chi connectivity index (χ1n) is 8.65. The lowest BCUT2D eigenvalue weighted by molar-refractivity contribution is -0.124. The zero-order valence-electron chi connectivity index (χ0n) is 16.2. The summed E-state index contributed by atoms with van der Waals surface area (Å²) in [5.74, 6) is 0.850. The van der Waals surface area contributed by atoms with Crippen molar-refractivity contribution in [3.05, 3.63) is 23.8 Å². The van der Waals surface area contributed by atoms with E-state index in [1.807, 2.05) is 25.1 Å². The SMILES string of the molecule is COc1ccc(CC(C)NC(=O)C2(S(C)(=O)=O)CCNCC2)cc1OC.Cl. The van der Waals surface area contributed by atoms with E-state index in [0.717, 1.165) is 11.8 Å². The first-order chi connectivity index (χ1) is 12.2. The van der Waals surface area contributed by atoms with Crippen molar-refractivity contribution in [3.63, 3.8) is 0 Å². The topological polar surface area (TPSA) is 93.7 Å². The van der Waals surface area contributed by atoms with E-state index < -0.39 is 20.5 Å². The number of piperidine rings is 1. The highest BCUT2D eigenvalue weighted by atomic mass is 35.5. The average molecular weight is 421 g/mol. The van der Waals surface area contributed by atoms with Crippen LogP contribution in [-0.4, -0.2) is 58.7 Å². The standard InChI is InChI=1S/C18H28N2O5S.ClH/c1-13(11-14-5-6-15(24-2)16(12-14)25-3)20-17(21)18(26(4,22)23)7-9-19-10-8-18;/h5-6,12-13,19H,7-11H2,1-4H3,(H,20,21);1H. The second-order valence-electron chi connectivity index (χ2n) is 6.78. The molecule has 154 valence electrons. The van der Waals surface area contributed by atoms with Crippen LogP contribution in [-0.2, 0) is 21.1 Å². The molecule has 2 rings (SSSR count). The quantitative estimate of drug-likeness (QED) is 0.691. The van der Waals surface area contributed by atoms with Crippen LogP contribution in [0.15, 0.2) is 18.2 Å². The third-order valence-electron chi connectivity index (χ3n) is 4.90. The number of halogens is 1. The van der Waals surface area contributed by atoms with Gasteiger partial charge in [0.05, 0.1) is 14.2 Å². The number of rotatable bonds is 7. The number of methoxy groups -OCH3 is 2. The van der Waals surface area contributed by atoms with Gasteiger partial charge in [0.25, 0.3) is 0 Å². The molecule has 1 aromatic carbocycles. The van der Waals surface area contributed by atoms with E-state index >= 15 is 0 Å². The van der Waals surface area contributed by atoms with E-state index in [1.54, 1.807) is 14.2 Å². The fraction of sp³-hybridized carbons (Fsp3) is 0.611. The molecule has 0 aromatic heterocycles. The molecule has 0 saturated carbocycles. The van der Waals surface area contributed by atoms with E-state index in [4.69, 9.17) is 9.47 Å². The van der Waals surface area contributed by atoms with Gasteiger partial charge in [-0.25, -0.2) is 8.42 Å². The highest BCUT2D eigenvalue weighted by Gasteiger charge is 2.48. The van der Waals surface area contributed by atoms with Crippen molar-refractivity contribution in [2.45, 2.75) is 37.0 Å². The molecule has 7 nitrogen and oxygen atoms in total. The molecule has 1 aliphatic rings.